The van der Waals surface area contributed by atoms with Crippen molar-refractivity contribution in [3.8, 4) is 11.8 Å². The third-order valence-corrected chi connectivity index (χ3v) is 3.02. The number of aromatic nitrogens is 1. The van der Waals surface area contributed by atoms with E-state index in [0.29, 0.717) is 11.3 Å². The molecule has 1 heterocycles. The maximum absolute atomic E-state index is 12.3. The van der Waals surface area contributed by atoms with E-state index in [4.69, 9.17) is 0 Å². The second kappa shape index (κ2) is 5.62. The molecule has 0 atom stereocenters. The lowest BCUT2D eigenvalue weighted by molar-refractivity contribution is 0.0936. The lowest BCUT2D eigenvalue weighted by atomic mass is 10.2. The van der Waals surface area contributed by atoms with Crippen molar-refractivity contribution in [1.29, 1.82) is 5.26 Å². The van der Waals surface area contributed by atoms with Crippen molar-refractivity contribution in [2.45, 2.75) is 26.8 Å². The minimum absolute atomic E-state index is 0.0225. The fourth-order valence-corrected chi connectivity index (χ4v) is 2.12. The minimum Gasteiger partial charge on any atom is -0.349 e. The molecule has 0 saturated heterocycles. The zero-order valence-corrected chi connectivity index (χ0v) is 11.8. The number of carbonyl (C=O) groups is 1. The number of benzene rings is 1. The number of hydrogen-bond donors (Lipinski definition) is 1. The first kappa shape index (κ1) is 13.9. The summed E-state index contributed by atoms with van der Waals surface area (Å²) in [4.78, 5) is 12.3. The molecule has 0 aliphatic rings. The van der Waals surface area contributed by atoms with Crippen LogP contribution >= 0.6 is 0 Å². The largest absolute Gasteiger partial charge is 0.349 e. The Morgan fingerprint density at radius 2 is 2.00 bits per heavy atom. The predicted octanol–water partition coefficient (Wildman–Crippen LogP) is 2.80. The monoisotopic (exact) mass is 267 g/mol. The minimum atomic E-state index is -0.232. The highest BCUT2D eigenvalue weighted by molar-refractivity contribution is 5.96. The summed E-state index contributed by atoms with van der Waals surface area (Å²) >= 11 is 0. The Balaban J connectivity index is 2.56. The van der Waals surface area contributed by atoms with Crippen LogP contribution in [-0.2, 0) is 0 Å². The number of hydrogen-bond acceptors (Lipinski definition) is 2. The summed E-state index contributed by atoms with van der Waals surface area (Å²) < 4.78 is 1.77. The van der Waals surface area contributed by atoms with E-state index in [9.17, 15) is 10.1 Å². The van der Waals surface area contributed by atoms with Crippen LogP contribution in [0.4, 0.5) is 0 Å². The summed E-state index contributed by atoms with van der Waals surface area (Å²) in [5.74, 6) is -0.232. The molecule has 4 nitrogen and oxygen atoms in total. The Kier molecular flexibility index (Phi) is 3.90. The summed E-state index contributed by atoms with van der Waals surface area (Å²) in [6, 6.07) is 11.5. The molecule has 1 amide bonds. The van der Waals surface area contributed by atoms with Gasteiger partial charge in [0.05, 0.1) is 5.56 Å². The van der Waals surface area contributed by atoms with Gasteiger partial charge in [0, 0.05) is 17.9 Å². The summed E-state index contributed by atoms with van der Waals surface area (Å²) in [6.45, 7) is 5.77. The zero-order valence-electron chi connectivity index (χ0n) is 11.8. The van der Waals surface area contributed by atoms with Crippen LogP contribution in [0.15, 0.2) is 36.5 Å². The van der Waals surface area contributed by atoms with E-state index < -0.39 is 0 Å². The Bertz CT molecular complexity index is 677. The molecule has 0 spiro atoms. The highest BCUT2D eigenvalue weighted by Crippen LogP contribution is 2.20. The van der Waals surface area contributed by atoms with Gasteiger partial charge in [-0.05, 0) is 38.5 Å². The van der Waals surface area contributed by atoms with E-state index >= 15 is 0 Å². The fourth-order valence-electron chi connectivity index (χ4n) is 2.12. The van der Waals surface area contributed by atoms with Gasteiger partial charge in [-0.25, -0.2) is 0 Å². The molecule has 0 unspecified atom stereocenters. The standard InChI is InChI=1S/C16H17N3O/c1-11(2)18-16(20)15-13(10-17)8-9-19(15)14-7-5-4-6-12(14)3/h4-9,11H,1-3H3,(H,18,20). The summed E-state index contributed by atoms with van der Waals surface area (Å²) in [5.41, 5.74) is 2.72. The lowest BCUT2D eigenvalue weighted by Gasteiger charge is -2.14. The van der Waals surface area contributed by atoms with Gasteiger partial charge in [-0.3, -0.25) is 4.79 Å². The van der Waals surface area contributed by atoms with E-state index in [1.165, 1.54) is 0 Å². The van der Waals surface area contributed by atoms with Gasteiger partial charge in [0.25, 0.3) is 5.91 Å². The van der Waals surface area contributed by atoms with Gasteiger partial charge < -0.3 is 9.88 Å². The average Bonchev–Trinajstić information content (AvgIpc) is 2.82. The Morgan fingerprint density at radius 1 is 1.30 bits per heavy atom. The molecule has 0 radical (unpaired) electrons. The molecule has 1 aromatic carbocycles. The molecular formula is C16H17N3O. The summed E-state index contributed by atoms with van der Waals surface area (Å²) in [7, 11) is 0. The molecule has 0 aliphatic heterocycles. The predicted molar refractivity (Wildman–Crippen MR) is 77.8 cm³/mol. The van der Waals surface area contributed by atoms with Crippen molar-refractivity contribution in [2.75, 3.05) is 0 Å². The molecule has 2 aromatic rings. The van der Waals surface area contributed by atoms with E-state index in [1.807, 2.05) is 45.0 Å². The molecule has 102 valence electrons. The Hall–Kier alpha value is -2.54. The number of rotatable bonds is 3. The van der Waals surface area contributed by atoms with Gasteiger partial charge in [-0.15, -0.1) is 0 Å². The van der Waals surface area contributed by atoms with Crippen LogP contribution in [0.1, 0.15) is 35.5 Å². The smallest absolute Gasteiger partial charge is 0.269 e. The van der Waals surface area contributed by atoms with Crippen molar-refractivity contribution in [3.05, 3.63) is 53.3 Å². The molecule has 0 aliphatic carbocycles. The van der Waals surface area contributed by atoms with Gasteiger partial charge in [-0.1, -0.05) is 18.2 Å². The Morgan fingerprint density at radius 3 is 2.60 bits per heavy atom. The fraction of sp³-hybridized carbons (Fsp3) is 0.250. The third kappa shape index (κ3) is 2.57. The highest BCUT2D eigenvalue weighted by atomic mass is 16.2. The number of carbonyl (C=O) groups excluding carboxylic acids is 1. The second-order valence-electron chi connectivity index (χ2n) is 4.97. The van der Waals surface area contributed by atoms with Gasteiger partial charge in [-0.2, -0.15) is 5.26 Å². The van der Waals surface area contributed by atoms with Crippen LogP contribution in [0.3, 0.4) is 0 Å². The van der Waals surface area contributed by atoms with Crippen LogP contribution in [0.25, 0.3) is 5.69 Å². The average molecular weight is 267 g/mol. The number of para-hydroxylation sites is 1. The van der Waals surface area contributed by atoms with Crippen LogP contribution < -0.4 is 5.32 Å². The van der Waals surface area contributed by atoms with Crippen LogP contribution in [0.5, 0.6) is 0 Å². The van der Waals surface area contributed by atoms with E-state index in [1.54, 1.807) is 16.8 Å². The van der Waals surface area contributed by atoms with Crippen LogP contribution in [0, 0.1) is 18.3 Å². The molecular weight excluding hydrogens is 250 g/mol. The summed E-state index contributed by atoms with van der Waals surface area (Å²) in [5, 5.41) is 12.0. The van der Waals surface area contributed by atoms with Gasteiger partial charge in [0.1, 0.15) is 11.8 Å². The molecule has 1 aromatic heterocycles. The molecule has 0 fully saturated rings. The third-order valence-electron chi connectivity index (χ3n) is 3.02. The molecule has 4 heteroatoms. The Labute approximate surface area is 118 Å². The van der Waals surface area contributed by atoms with Crippen molar-refractivity contribution < 1.29 is 4.79 Å². The van der Waals surface area contributed by atoms with Crippen LogP contribution in [0.2, 0.25) is 0 Å². The normalized spacial score (nSPS) is 10.3. The molecule has 2 rings (SSSR count). The van der Waals surface area contributed by atoms with Crippen LogP contribution in [-0.4, -0.2) is 16.5 Å². The lowest BCUT2D eigenvalue weighted by Crippen LogP contribution is -2.32. The number of aryl methyl sites for hydroxylation is 1. The highest BCUT2D eigenvalue weighted by Gasteiger charge is 2.19. The molecule has 20 heavy (non-hydrogen) atoms. The maximum atomic E-state index is 12.3. The van der Waals surface area contributed by atoms with E-state index in [-0.39, 0.29) is 11.9 Å². The quantitative estimate of drug-likeness (QED) is 0.929. The molecule has 1 N–H and O–H groups in total. The topological polar surface area (TPSA) is 57.8 Å². The van der Waals surface area contributed by atoms with E-state index in [2.05, 4.69) is 11.4 Å². The summed E-state index contributed by atoms with van der Waals surface area (Å²) in [6.07, 6.45) is 1.76. The number of nitrogens with zero attached hydrogens (tertiary/aromatic N) is 2. The van der Waals surface area contributed by atoms with Crippen molar-refractivity contribution in [1.82, 2.24) is 9.88 Å². The number of nitriles is 1. The molecule has 0 saturated carbocycles. The first-order valence-corrected chi connectivity index (χ1v) is 6.53. The maximum Gasteiger partial charge on any atom is 0.269 e. The molecule has 0 bridgehead atoms. The van der Waals surface area contributed by atoms with Gasteiger partial charge in [0.2, 0.25) is 0 Å². The number of nitrogens with one attached hydrogen (secondary N) is 1. The zero-order chi connectivity index (χ0) is 14.7. The first-order valence-electron chi connectivity index (χ1n) is 6.53. The van der Waals surface area contributed by atoms with Crippen molar-refractivity contribution >= 4 is 5.91 Å². The SMILES string of the molecule is Cc1ccccc1-n1ccc(C#N)c1C(=O)NC(C)C. The second-order valence-corrected chi connectivity index (χ2v) is 4.97. The van der Waals surface area contributed by atoms with Gasteiger partial charge in [0.15, 0.2) is 0 Å². The first-order chi connectivity index (χ1) is 9.54. The van der Waals surface area contributed by atoms with E-state index in [0.717, 1.165) is 11.3 Å². The number of amides is 1. The van der Waals surface area contributed by atoms with Crippen molar-refractivity contribution in [2.24, 2.45) is 0 Å². The van der Waals surface area contributed by atoms with Crippen molar-refractivity contribution in [3.63, 3.8) is 0 Å². The van der Waals surface area contributed by atoms with Gasteiger partial charge >= 0.3 is 0 Å².